The summed E-state index contributed by atoms with van der Waals surface area (Å²) in [6, 6.07) is 0. The van der Waals surface area contributed by atoms with E-state index < -0.39 is 0 Å². The first-order valence-electron chi connectivity index (χ1n) is 8.26. The Balaban J connectivity index is 1.90. The molecule has 0 spiro atoms. The van der Waals surface area contributed by atoms with Crippen LogP contribution in [0.4, 0.5) is 0 Å². The summed E-state index contributed by atoms with van der Waals surface area (Å²) >= 11 is 1.51. The Morgan fingerprint density at radius 1 is 1.35 bits per heavy atom. The quantitative estimate of drug-likeness (QED) is 0.633. The van der Waals surface area contributed by atoms with Gasteiger partial charge in [-0.1, -0.05) is 30.2 Å². The molecule has 1 N–H and O–H groups in total. The Morgan fingerprint density at radius 3 is 2.87 bits per heavy atom. The molecule has 0 amide bonds. The van der Waals surface area contributed by atoms with Crippen LogP contribution in [0.1, 0.15) is 40.0 Å². The van der Waals surface area contributed by atoms with Crippen LogP contribution >= 0.6 is 11.8 Å². The average molecular weight is 329 g/mol. The molecule has 3 nitrogen and oxygen atoms in total. The van der Waals surface area contributed by atoms with Crippen molar-refractivity contribution in [2.24, 2.45) is 5.92 Å². The van der Waals surface area contributed by atoms with E-state index in [1.165, 1.54) is 22.9 Å². The first-order valence-corrected chi connectivity index (χ1v) is 9.25. The third-order valence-corrected chi connectivity index (χ3v) is 5.70. The van der Waals surface area contributed by atoms with E-state index >= 15 is 0 Å². The number of carbonyl (C=O) groups is 2. The topological polar surface area (TPSA) is 46.2 Å². The lowest BCUT2D eigenvalue weighted by molar-refractivity contribution is -0.116. The monoisotopic (exact) mass is 329 g/mol. The second kappa shape index (κ2) is 6.52. The zero-order valence-corrected chi connectivity index (χ0v) is 14.8. The van der Waals surface area contributed by atoms with Crippen LogP contribution in [0.25, 0.3) is 0 Å². The van der Waals surface area contributed by atoms with Crippen molar-refractivity contribution >= 4 is 23.3 Å². The van der Waals surface area contributed by atoms with Crippen molar-refractivity contribution in [1.29, 1.82) is 0 Å². The van der Waals surface area contributed by atoms with Crippen LogP contribution in [0.3, 0.4) is 0 Å². The summed E-state index contributed by atoms with van der Waals surface area (Å²) in [5.74, 6) is 1.25. The Morgan fingerprint density at radius 2 is 2.13 bits per heavy atom. The normalized spacial score (nSPS) is 24.0. The van der Waals surface area contributed by atoms with Gasteiger partial charge < -0.3 is 5.32 Å². The third-order valence-electron chi connectivity index (χ3n) is 4.61. The summed E-state index contributed by atoms with van der Waals surface area (Å²) in [4.78, 5) is 26.1. The first-order chi connectivity index (χ1) is 11.0. The number of rotatable bonds is 3. The van der Waals surface area contributed by atoms with Gasteiger partial charge in [0.1, 0.15) is 5.70 Å². The molecule has 1 unspecified atom stereocenters. The standard InChI is InChI=1S/C19H23NO2S/c1-11(2)5-4-6-13-10-15-14(9-12(13)3)17(21)16-19(18(15)22)23-8-7-20-16/h5,10,12,20H,4,6-9H2,1-3H3. The minimum atomic E-state index is 0.0354. The van der Waals surface area contributed by atoms with Crippen LogP contribution in [-0.4, -0.2) is 23.9 Å². The summed E-state index contributed by atoms with van der Waals surface area (Å²) in [7, 11) is 0. The molecule has 0 aromatic heterocycles. The van der Waals surface area contributed by atoms with Gasteiger partial charge >= 0.3 is 0 Å². The molecule has 0 aromatic carbocycles. The number of allylic oxidation sites excluding steroid dienone is 7. The molecule has 1 aliphatic heterocycles. The van der Waals surface area contributed by atoms with E-state index in [2.05, 4.69) is 32.2 Å². The van der Waals surface area contributed by atoms with E-state index in [1.807, 2.05) is 6.08 Å². The van der Waals surface area contributed by atoms with Gasteiger partial charge in [-0.3, -0.25) is 9.59 Å². The number of ketones is 2. The second-order valence-electron chi connectivity index (χ2n) is 6.67. The van der Waals surface area contributed by atoms with Crippen LogP contribution in [0.5, 0.6) is 0 Å². The minimum Gasteiger partial charge on any atom is -0.380 e. The predicted molar refractivity (Wildman–Crippen MR) is 95.1 cm³/mol. The van der Waals surface area contributed by atoms with E-state index in [0.29, 0.717) is 34.1 Å². The second-order valence-corrected chi connectivity index (χ2v) is 7.78. The molecule has 122 valence electrons. The van der Waals surface area contributed by atoms with Crippen molar-refractivity contribution < 1.29 is 9.59 Å². The minimum absolute atomic E-state index is 0.0354. The van der Waals surface area contributed by atoms with Gasteiger partial charge in [0.2, 0.25) is 11.6 Å². The van der Waals surface area contributed by atoms with Crippen LogP contribution in [0.2, 0.25) is 0 Å². The van der Waals surface area contributed by atoms with Gasteiger partial charge in [-0.15, -0.1) is 11.8 Å². The maximum atomic E-state index is 12.8. The van der Waals surface area contributed by atoms with Crippen molar-refractivity contribution in [2.75, 3.05) is 12.3 Å². The van der Waals surface area contributed by atoms with Gasteiger partial charge in [-0.05, 0) is 39.0 Å². The van der Waals surface area contributed by atoms with Crippen molar-refractivity contribution in [3.8, 4) is 0 Å². The maximum absolute atomic E-state index is 12.8. The average Bonchev–Trinajstić information content (AvgIpc) is 2.53. The van der Waals surface area contributed by atoms with Crippen molar-refractivity contribution in [3.63, 3.8) is 0 Å². The lowest BCUT2D eigenvalue weighted by Gasteiger charge is -2.31. The van der Waals surface area contributed by atoms with Gasteiger partial charge in [-0.25, -0.2) is 0 Å². The number of Topliss-reactive ketones (excluding diaryl/α,β-unsaturated/α-hetero) is 2. The van der Waals surface area contributed by atoms with Gasteiger partial charge in [-0.2, -0.15) is 0 Å². The molecule has 1 heterocycles. The molecule has 3 rings (SSSR count). The van der Waals surface area contributed by atoms with Gasteiger partial charge in [0.05, 0.1) is 4.91 Å². The smallest absolute Gasteiger partial charge is 0.206 e. The van der Waals surface area contributed by atoms with E-state index in [0.717, 1.165) is 25.1 Å². The van der Waals surface area contributed by atoms with Gasteiger partial charge in [0, 0.05) is 23.4 Å². The highest BCUT2D eigenvalue weighted by Crippen LogP contribution is 2.40. The number of thioether (sulfide) groups is 1. The fourth-order valence-electron chi connectivity index (χ4n) is 3.34. The molecule has 4 heteroatoms. The van der Waals surface area contributed by atoms with Crippen molar-refractivity contribution in [3.05, 3.63) is 45.0 Å². The molecule has 23 heavy (non-hydrogen) atoms. The van der Waals surface area contributed by atoms with E-state index in [1.54, 1.807) is 0 Å². The first kappa shape index (κ1) is 16.3. The molecule has 1 atom stereocenters. The lowest BCUT2D eigenvalue weighted by Crippen LogP contribution is -2.36. The predicted octanol–water partition coefficient (Wildman–Crippen LogP) is 3.70. The van der Waals surface area contributed by atoms with E-state index in [-0.39, 0.29) is 11.6 Å². The molecule has 3 aliphatic rings. The fourth-order valence-corrected chi connectivity index (χ4v) is 4.30. The summed E-state index contributed by atoms with van der Waals surface area (Å²) in [6.45, 7) is 7.11. The maximum Gasteiger partial charge on any atom is 0.206 e. The zero-order valence-electron chi connectivity index (χ0n) is 14.0. The van der Waals surface area contributed by atoms with Crippen LogP contribution in [0, 0.1) is 5.92 Å². The molecule has 0 radical (unpaired) electrons. The molecule has 0 aromatic rings. The molecular formula is C19H23NO2S. The largest absolute Gasteiger partial charge is 0.380 e. The summed E-state index contributed by atoms with van der Waals surface area (Å²) < 4.78 is 0. The lowest BCUT2D eigenvalue weighted by atomic mass is 9.77. The number of nitrogens with one attached hydrogen (secondary N) is 1. The van der Waals surface area contributed by atoms with E-state index in [9.17, 15) is 9.59 Å². The summed E-state index contributed by atoms with van der Waals surface area (Å²) in [6.07, 6.45) is 6.87. The summed E-state index contributed by atoms with van der Waals surface area (Å²) in [5, 5.41) is 3.13. The number of carbonyl (C=O) groups excluding carboxylic acids is 2. The highest BCUT2D eigenvalue weighted by Gasteiger charge is 2.37. The molecule has 0 bridgehead atoms. The molecule has 0 fully saturated rings. The molecular weight excluding hydrogens is 306 g/mol. The molecule has 2 aliphatic carbocycles. The van der Waals surface area contributed by atoms with E-state index in [4.69, 9.17) is 0 Å². The Labute approximate surface area is 142 Å². The number of hydrogen-bond acceptors (Lipinski definition) is 4. The zero-order chi connectivity index (χ0) is 16.6. The third kappa shape index (κ3) is 3.09. The SMILES string of the molecule is CC(C)=CCCC1=CC2=C(CC1C)C(=O)C1=C(SCCN1)C2=O. The molecule has 0 saturated heterocycles. The summed E-state index contributed by atoms with van der Waals surface area (Å²) in [5.41, 5.74) is 4.51. The van der Waals surface area contributed by atoms with Crippen molar-refractivity contribution in [2.45, 2.75) is 40.0 Å². The van der Waals surface area contributed by atoms with Gasteiger partial charge in [0.15, 0.2) is 0 Å². The highest BCUT2D eigenvalue weighted by molar-refractivity contribution is 8.04. The fraction of sp³-hybridized carbons (Fsp3) is 0.474. The van der Waals surface area contributed by atoms with Crippen molar-refractivity contribution in [1.82, 2.24) is 5.32 Å². The van der Waals surface area contributed by atoms with Crippen LogP contribution in [0.15, 0.2) is 45.0 Å². The Bertz CT molecular complexity index is 690. The Hall–Kier alpha value is -1.55. The van der Waals surface area contributed by atoms with Crippen LogP contribution in [-0.2, 0) is 9.59 Å². The van der Waals surface area contributed by atoms with Gasteiger partial charge in [0.25, 0.3) is 0 Å². The molecule has 0 saturated carbocycles. The number of hydrogen-bond donors (Lipinski definition) is 1. The Kier molecular flexibility index (Phi) is 4.62. The van der Waals surface area contributed by atoms with Crippen LogP contribution < -0.4 is 5.32 Å². The highest BCUT2D eigenvalue weighted by atomic mass is 32.2.